The minimum absolute atomic E-state index is 0.141. The van der Waals surface area contributed by atoms with E-state index in [1.54, 1.807) is 10.9 Å². The molecule has 1 amide bonds. The highest BCUT2D eigenvalue weighted by molar-refractivity contribution is 9.10. The van der Waals surface area contributed by atoms with Crippen molar-refractivity contribution in [3.8, 4) is 5.69 Å². The van der Waals surface area contributed by atoms with Crippen LogP contribution in [0, 0.1) is 5.92 Å². The average molecular weight is 376 g/mol. The van der Waals surface area contributed by atoms with Crippen LogP contribution >= 0.6 is 15.9 Å². The van der Waals surface area contributed by atoms with E-state index in [1.165, 1.54) is 0 Å². The Morgan fingerprint density at radius 3 is 2.39 bits per heavy atom. The van der Waals surface area contributed by atoms with Gasteiger partial charge in [-0.05, 0) is 65.9 Å². The fourth-order valence-electron chi connectivity index (χ4n) is 2.71. The first-order valence-corrected chi connectivity index (χ1v) is 8.90. The number of benzene rings is 1. The molecule has 1 aliphatic carbocycles. The lowest BCUT2D eigenvalue weighted by Crippen LogP contribution is -2.43. The summed E-state index contributed by atoms with van der Waals surface area (Å²) in [5.41, 5.74) is 1.70. The Kier molecular flexibility index (Phi) is 4.57. The molecule has 1 fully saturated rings. The molecule has 122 valence electrons. The Labute approximate surface area is 145 Å². The summed E-state index contributed by atoms with van der Waals surface area (Å²) in [5, 5.41) is 4.26. The quantitative estimate of drug-likeness (QED) is 0.781. The maximum Gasteiger partial charge on any atom is 0.254 e. The first-order valence-electron chi connectivity index (χ1n) is 8.10. The van der Waals surface area contributed by atoms with Gasteiger partial charge in [-0.15, -0.1) is 0 Å². The number of amides is 1. The van der Waals surface area contributed by atoms with E-state index in [4.69, 9.17) is 0 Å². The Bertz CT molecular complexity index is 689. The summed E-state index contributed by atoms with van der Waals surface area (Å²) in [5.74, 6) is 0.599. The molecule has 0 bridgehead atoms. The lowest BCUT2D eigenvalue weighted by atomic mass is 10.0. The van der Waals surface area contributed by atoms with Crippen molar-refractivity contribution in [1.29, 1.82) is 0 Å². The third-order valence-electron chi connectivity index (χ3n) is 4.51. The summed E-state index contributed by atoms with van der Waals surface area (Å²) in [7, 11) is 0. The molecule has 5 heteroatoms. The Hall–Kier alpha value is -1.62. The molecular weight excluding hydrogens is 354 g/mol. The van der Waals surface area contributed by atoms with Crippen molar-refractivity contribution >= 4 is 21.8 Å². The molecule has 1 aliphatic rings. The standard InChI is InChI=1S/C18H22BrN3O/c1-12(2)13(3)22(17-8-9-17)18(23)14-4-6-16(7-5-14)21-11-15(19)10-20-21/h4-7,10-13,17H,8-9H2,1-3H3. The zero-order chi connectivity index (χ0) is 16.6. The van der Waals surface area contributed by atoms with Gasteiger partial charge in [0.2, 0.25) is 0 Å². The third-order valence-corrected chi connectivity index (χ3v) is 4.92. The Morgan fingerprint density at radius 1 is 1.26 bits per heavy atom. The van der Waals surface area contributed by atoms with Crippen LogP contribution in [0.1, 0.15) is 44.0 Å². The van der Waals surface area contributed by atoms with E-state index in [2.05, 4.69) is 46.7 Å². The number of hydrogen-bond donors (Lipinski definition) is 0. The number of hydrogen-bond acceptors (Lipinski definition) is 2. The molecule has 0 N–H and O–H groups in total. The van der Waals surface area contributed by atoms with Crippen LogP contribution in [-0.4, -0.2) is 32.7 Å². The second-order valence-electron chi connectivity index (χ2n) is 6.58. The van der Waals surface area contributed by atoms with E-state index in [-0.39, 0.29) is 11.9 Å². The highest BCUT2D eigenvalue weighted by Gasteiger charge is 2.36. The molecule has 1 unspecified atom stereocenters. The molecule has 23 heavy (non-hydrogen) atoms. The maximum atomic E-state index is 12.9. The summed E-state index contributed by atoms with van der Waals surface area (Å²) in [6.07, 6.45) is 5.90. The normalized spacial score (nSPS) is 15.7. The van der Waals surface area contributed by atoms with Gasteiger partial charge in [-0.2, -0.15) is 5.10 Å². The molecule has 3 rings (SSSR count). The van der Waals surface area contributed by atoms with Gasteiger partial charge in [0.1, 0.15) is 0 Å². The van der Waals surface area contributed by atoms with E-state index in [1.807, 2.05) is 30.5 Å². The number of carbonyl (C=O) groups excluding carboxylic acids is 1. The van der Waals surface area contributed by atoms with Crippen molar-refractivity contribution in [3.05, 3.63) is 46.7 Å². The second kappa shape index (κ2) is 6.48. The summed E-state index contributed by atoms with van der Waals surface area (Å²) < 4.78 is 2.72. The zero-order valence-corrected chi connectivity index (χ0v) is 15.3. The molecule has 0 aliphatic heterocycles. The lowest BCUT2D eigenvalue weighted by Gasteiger charge is -2.32. The van der Waals surface area contributed by atoms with Crippen molar-refractivity contribution < 1.29 is 4.79 Å². The van der Waals surface area contributed by atoms with Gasteiger partial charge >= 0.3 is 0 Å². The number of rotatable bonds is 5. The van der Waals surface area contributed by atoms with E-state index in [0.717, 1.165) is 28.6 Å². The molecule has 1 heterocycles. The van der Waals surface area contributed by atoms with Crippen LogP contribution in [0.3, 0.4) is 0 Å². The summed E-state index contributed by atoms with van der Waals surface area (Å²) in [4.78, 5) is 15.0. The first kappa shape index (κ1) is 16.2. The lowest BCUT2D eigenvalue weighted by molar-refractivity contribution is 0.0628. The minimum atomic E-state index is 0.141. The monoisotopic (exact) mass is 375 g/mol. The Balaban J connectivity index is 1.81. The van der Waals surface area contributed by atoms with Gasteiger partial charge in [-0.25, -0.2) is 4.68 Å². The summed E-state index contributed by atoms with van der Waals surface area (Å²) >= 11 is 3.39. The van der Waals surface area contributed by atoms with Gasteiger partial charge in [-0.1, -0.05) is 13.8 Å². The van der Waals surface area contributed by atoms with Gasteiger partial charge in [0.05, 0.1) is 16.4 Å². The van der Waals surface area contributed by atoms with Crippen LogP contribution in [0.15, 0.2) is 41.1 Å². The topological polar surface area (TPSA) is 38.1 Å². The largest absolute Gasteiger partial charge is 0.333 e. The van der Waals surface area contributed by atoms with Crippen molar-refractivity contribution in [1.82, 2.24) is 14.7 Å². The molecule has 0 spiro atoms. The predicted octanol–water partition coefficient (Wildman–Crippen LogP) is 4.28. The van der Waals surface area contributed by atoms with Gasteiger partial charge in [-0.3, -0.25) is 4.79 Å². The molecule has 4 nitrogen and oxygen atoms in total. The maximum absolute atomic E-state index is 12.9. The van der Waals surface area contributed by atoms with E-state index >= 15 is 0 Å². The molecule has 1 aromatic carbocycles. The van der Waals surface area contributed by atoms with Crippen molar-refractivity contribution in [3.63, 3.8) is 0 Å². The van der Waals surface area contributed by atoms with Crippen LogP contribution in [0.2, 0.25) is 0 Å². The fraction of sp³-hybridized carbons (Fsp3) is 0.444. The average Bonchev–Trinajstić information content (AvgIpc) is 3.27. The molecule has 1 aromatic heterocycles. The van der Waals surface area contributed by atoms with Gasteiger partial charge in [0, 0.05) is 23.8 Å². The van der Waals surface area contributed by atoms with Gasteiger partial charge in [0.15, 0.2) is 0 Å². The van der Waals surface area contributed by atoms with Gasteiger partial charge in [0.25, 0.3) is 5.91 Å². The number of carbonyl (C=O) groups is 1. The van der Waals surface area contributed by atoms with Crippen LogP contribution < -0.4 is 0 Å². The smallest absolute Gasteiger partial charge is 0.254 e. The molecule has 0 saturated heterocycles. The minimum Gasteiger partial charge on any atom is -0.333 e. The molecule has 2 aromatic rings. The highest BCUT2D eigenvalue weighted by atomic mass is 79.9. The number of halogens is 1. The molecule has 0 radical (unpaired) electrons. The third kappa shape index (κ3) is 3.50. The number of aromatic nitrogens is 2. The van der Waals surface area contributed by atoms with E-state index in [9.17, 15) is 4.79 Å². The first-order chi connectivity index (χ1) is 11.0. The number of nitrogens with zero attached hydrogens (tertiary/aromatic N) is 3. The fourth-order valence-corrected chi connectivity index (χ4v) is 2.99. The van der Waals surface area contributed by atoms with Crippen LogP contribution in [0.25, 0.3) is 5.69 Å². The summed E-state index contributed by atoms with van der Waals surface area (Å²) in [6.45, 7) is 6.49. The van der Waals surface area contributed by atoms with Crippen molar-refractivity contribution in [2.45, 2.75) is 45.7 Å². The van der Waals surface area contributed by atoms with Crippen molar-refractivity contribution in [2.24, 2.45) is 5.92 Å². The van der Waals surface area contributed by atoms with E-state index in [0.29, 0.717) is 12.0 Å². The Morgan fingerprint density at radius 2 is 1.91 bits per heavy atom. The van der Waals surface area contributed by atoms with Gasteiger partial charge < -0.3 is 4.90 Å². The zero-order valence-electron chi connectivity index (χ0n) is 13.7. The molecular formula is C18H22BrN3O. The highest BCUT2D eigenvalue weighted by Crippen LogP contribution is 2.32. The summed E-state index contributed by atoms with van der Waals surface area (Å²) in [6, 6.07) is 8.36. The van der Waals surface area contributed by atoms with E-state index < -0.39 is 0 Å². The van der Waals surface area contributed by atoms with Crippen LogP contribution in [-0.2, 0) is 0 Å². The van der Waals surface area contributed by atoms with Crippen molar-refractivity contribution in [2.75, 3.05) is 0 Å². The van der Waals surface area contributed by atoms with Crippen LogP contribution in [0.5, 0.6) is 0 Å². The SMILES string of the molecule is CC(C)C(C)N(C(=O)c1ccc(-n2cc(Br)cn2)cc1)C1CC1. The van der Waals surface area contributed by atoms with Crippen LogP contribution in [0.4, 0.5) is 0 Å². The molecule has 1 atom stereocenters. The second-order valence-corrected chi connectivity index (χ2v) is 7.49. The predicted molar refractivity (Wildman–Crippen MR) is 94.8 cm³/mol. The molecule has 1 saturated carbocycles.